The lowest BCUT2D eigenvalue weighted by molar-refractivity contribution is 0.368. The minimum atomic E-state index is 0.256. The highest BCUT2D eigenvalue weighted by Gasteiger charge is 2.28. The largest absolute Gasteiger partial charge is 0.309 e. The molecule has 0 aromatic carbocycles. The van der Waals surface area contributed by atoms with Gasteiger partial charge >= 0.3 is 0 Å². The highest BCUT2D eigenvalue weighted by Crippen LogP contribution is 2.34. The number of nitrogens with one attached hydrogen (secondary N) is 1. The van der Waals surface area contributed by atoms with Crippen LogP contribution >= 0.6 is 0 Å². The lowest BCUT2D eigenvalue weighted by atomic mass is 9.72. The molecule has 1 nitrogen and oxygen atoms in total. The Morgan fingerprint density at radius 2 is 1.67 bits per heavy atom. The highest BCUT2D eigenvalue weighted by atomic mass is 14.5. The Morgan fingerprint density at radius 3 is 2.20 bits per heavy atom. The highest BCUT2D eigenvalue weighted by molar-refractivity contribution is 5.87. The SMILES string of the molecule is C=C1C(C)=CC(C)C(=N)C(C)C(C)C1C. The topological polar surface area (TPSA) is 23.9 Å². The van der Waals surface area contributed by atoms with Crippen LogP contribution in [0, 0.1) is 29.1 Å². The van der Waals surface area contributed by atoms with Crippen LogP contribution < -0.4 is 0 Å². The molecule has 0 saturated carbocycles. The van der Waals surface area contributed by atoms with E-state index in [0.29, 0.717) is 17.8 Å². The molecule has 0 spiro atoms. The minimum absolute atomic E-state index is 0.256. The first-order valence-corrected chi connectivity index (χ1v) is 5.82. The summed E-state index contributed by atoms with van der Waals surface area (Å²) in [5.74, 6) is 1.60. The van der Waals surface area contributed by atoms with Crippen molar-refractivity contribution in [1.82, 2.24) is 0 Å². The molecule has 0 aromatic heterocycles. The molecule has 1 aliphatic carbocycles. The zero-order valence-electron chi connectivity index (χ0n) is 10.6. The van der Waals surface area contributed by atoms with E-state index in [0.717, 1.165) is 5.71 Å². The molecule has 4 unspecified atom stereocenters. The third kappa shape index (κ3) is 2.22. The Hall–Kier alpha value is -0.850. The molecule has 1 N–H and O–H groups in total. The Balaban J connectivity index is 3.13. The van der Waals surface area contributed by atoms with E-state index >= 15 is 0 Å². The summed E-state index contributed by atoms with van der Waals surface area (Å²) in [6.07, 6.45) is 2.18. The first-order chi connectivity index (χ1) is 6.86. The van der Waals surface area contributed by atoms with Crippen LogP contribution in [0.25, 0.3) is 0 Å². The predicted octanol–water partition coefficient (Wildman–Crippen LogP) is 4.07. The third-order valence-corrected chi connectivity index (χ3v) is 4.11. The van der Waals surface area contributed by atoms with Crippen molar-refractivity contribution in [3.8, 4) is 0 Å². The van der Waals surface area contributed by atoms with Gasteiger partial charge in [-0.1, -0.05) is 45.9 Å². The molecule has 1 heteroatoms. The monoisotopic (exact) mass is 205 g/mol. The van der Waals surface area contributed by atoms with Gasteiger partial charge in [-0.2, -0.15) is 0 Å². The van der Waals surface area contributed by atoms with E-state index in [9.17, 15) is 0 Å². The quantitative estimate of drug-likeness (QED) is 0.616. The van der Waals surface area contributed by atoms with Gasteiger partial charge in [-0.25, -0.2) is 0 Å². The second-order valence-electron chi connectivity index (χ2n) is 5.06. The molecular formula is C14H23N. The summed E-state index contributed by atoms with van der Waals surface area (Å²) in [5, 5.41) is 8.14. The van der Waals surface area contributed by atoms with Gasteiger partial charge in [0.1, 0.15) is 0 Å². The molecule has 0 heterocycles. The van der Waals surface area contributed by atoms with Gasteiger partial charge < -0.3 is 5.41 Å². The van der Waals surface area contributed by atoms with E-state index in [1.165, 1.54) is 11.1 Å². The fourth-order valence-corrected chi connectivity index (χ4v) is 2.38. The zero-order valence-corrected chi connectivity index (χ0v) is 10.6. The van der Waals surface area contributed by atoms with Crippen LogP contribution in [-0.4, -0.2) is 5.71 Å². The molecule has 4 atom stereocenters. The summed E-state index contributed by atoms with van der Waals surface area (Å²) in [7, 11) is 0. The minimum Gasteiger partial charge on any atom is -0.309 e. The van der Waals surface area contributed by atoms with E-state index in [4.69, 9.17) is 5.41 Å². The van der Waals surface area contributed by atoms with Gasteiger partial charge in [0.05, 0.1) is 0 Å². The summed E-state index contributed by atoms with van der Waals surface area (Å²) in [6.45, 7) is 15.0. The van der Waals surface area contributed by atoms with Crippen molar-refractivity contribution in [2.24, 2.45) is 23.7 Å². The second-order valence-corrected chi connectivity index (χ2v) is 5.06. The van der Waals surface area contributed by atoms with Crippen molar-refractivity contribution in [3.63, 3.8) is 0 Å². The van der Waals surface area contributed by atoms with Crippen molar-refractivity contribution in [3.05, 3.63) is 23.8 Å². The van der Waals surface area contributed by atoms with Gasteiger partial charge in [-0.15, -0.1) is 0 Å². The summed E-state index contributed by atoms with van der Waals surface area (Å²) in [4.78, 5) is 0. The number of allylic oxidation sites excluding steroid dienone is 3. The van der Waals surface area contributed by atoms with Crippen molar-refractivity contribution in [1.29, 1.82) is 5.41 Å². The molecule has 84 valence electrons. The maximum atomic E-state index is 8.14. The van der Waals surface area contributed by atoms with E-state index in [1.54, 1.807) is 0 Å². The van der Waals surface area contributed by atoms with E-state index < -0.39 is 0 Å². The Labute approximate surface area is 93.8 Å². The molecule has 15 heavy (non-hydrogen) atoms. The first-order valence-electron chi connectivity index (χ1n) is 5.82. The van der Waals surface area contributed by atoms with E-state index in [2.05, 4.69) is 47.3 Å². The molecule has 0 saturated heterocycles. The van der Waals surface area contributed by atoms with Gasteiger partial charge in [-0.05, 0) is 30.3 Å². The molecule has 0 radical (unpaired) electrons. The van der Waals surface area contributed by atoms with Gasteiger partial charge in [0.25, 0.3) is 0 Å². The zero-order chi connectivity index (χ0) is 11.7. The lowest BCUT2D eigenvalue weighted by Gasteiger charge is -2.32. The molecular weight excluding hydrogens is 182 g/mol. The smallest absolute Gasteiger partial charge is 0.0186 e. The standard InChI is InChI=1S/C14H23N/c1-8-7-9(2)14(15)13(6)12(5)11(4)10(8)3/h7,9,11-13,15H,3H2,1-2,4-6H3. The fraction of sp³-hybridized carbons (Fsp3) is 0.643. The number of hydrogen-bond donors (Lipinski definition) is 1. The molecule has 0 aliphatic heterocycles. The summed E-state index contributed by atoms with van der Waals surface area (Å²) in [5.41, 5.74) is 3.37. The number of rotatable bonds is 0. The van der Waals surface area contributed by atoms with Gasteiger partial charge in [0.15, 0.2) is 0 Å². The van der Waals surface area contributed by atoms with E-state index in [1.807, 2.05) is 0 Å². The van der Waals surface area contributed by atoms with Crippen molar-refractivity contribution < 1.29 is 0 Å². The molecule has 1 aliphatic rings. The third-order valence-electron chi connectivity index (χ3n) is 4.11. The molecule has 0 fully saturated rings. The van der Waals surface area contributed by atoms with Gasteiger partial charge in [-0.3, -0.25) is 0 Å². The van der Waals surface area contributed by atoms with Crippen LogP contribution in [0.15, 0.2) is 23.8 Å². The van der Waals surface area contributed by atoms with Gasteiger partial charge in [0.2, 0.25) is 0 Å². The van der Waals surface area contributed by atoms with Crippen LogP contribution in [0.3, 0.4) is 0 Å². The van der Waals surface area contributed by atoms with E-state index in [-0.39, 0.29) is 5.92 Å². The summed E-state index contributed by atoms with van der Waals surface area (Å²) < 4.78 is 0. The second kappa shape index (κ2) is 4.34. The summed E-state index contributed by atoms with van der Waals surface area (Å²) >= 11 is 0. The Kier molecular flexibility index (Phi) is 3.54. The molecule has 0 bridgehead atoms. The van der Waals surface area contributed by atoms with Crippen molar-refractivity contribution >= 4 is 5.71 Å². The van der Waals surface area contributed by atoms with Crippen LogP contribution in [0.1, 0.15) is 34.6 Å². The maximum absolute atomic E-state index is 8.14. The normalized spacial score (nSPS) is 38.3. The average molecular weight is 205 g/mol. The van der Waals surface area contributed by atoms with Crippen LogP contribution in [-0.2, 0) is 0 Å². The number of hydrogen-bond acceptors (Lipinski definition) is 1. The van der Waals surface area contributed by atoms with Crippen LogP contribution in [0.4, 0.5) is 0 Å². The average Bonchev–Trinajstić information content (AvgIpc) is 2.22. The Morgan fingerprint density at radius 1 is 1.13 bits per heavy atom. The fourth-order valence-electron chi connectivity index (χ4n) is 2.38. The predicted molar refractivity (Wildman–Crippen MR) is 67.3 cm³/mol. The lowest BCUT2D eigenvalue weighted by Crippen LogP contribution is -2.30. The van der Waals surface area contributed by atoms with Crippen LogP contribution in [0.2, 0.25) is 0 Å². The van der Waals surface area contributed by atoms with Crippen LogP contribution in [0.5, 0.6) is 0 Å². The summed E-state index contributed by atoms with van der Waals surface area (Å²) in [6, 6.07) is 0. The Bertz CT molecular complexity index is 311. The molecule has 0 amide bonds. The first kappa shape index (κ1) is 12.2. The maximum Gasteiger partial charge on any atom is 0.0186 e. The molecule has 1 rings (SSSR count). The van der Waals surface area contributed by atoms with Crippen molar-refractivity contribution in [2.45, 2.75) is 34.6 Å². The van der Waals surface area contributed by atoms with Gasteiger partial charge in [0, 0.05) is 11.6 Å². The van der Waals surface area contributed by atoms with Crippen molar-refractivity contribution in [2.75, 3.05) is 0 Å². The molecule has 0 aromatic rings.